The molecule has 96 valence electrons. The first-order chi connectivity index (χ1) is 7.43. The number of ether oxygens (including phenoxy) is 1. The van der Waals surface area contributed by atoms with Crippen LogP contribution in [-0.2, 0) is 9.53 Å². The summed E-state index contributed by atoms with van der Waals surface area (Å²) in [6.45, 7) is 0.897. The first-order valence-corrected chi connectivity index (χ1v) is 4.89. The highest BCUT2D eigenvalue weighted by molar-refractivity contribution is 5.73. The van der Waals surface area contributed by atoms with Crippen molar-refractivity contribution in [1.82, 2.24) is 5.32 Å². The van der Waals surface area contributed by atoms with Crippen molar-refractivity contribution in [3.05, 3.63) is 0 Å². The van der Waals surface area contributed by atoms with Crippen LogP contribution in [-0.4, -0.2) is 64.6 Å². The molecule has 5 N–H and O–H groups in total. The van der Waals surface area contributed by atoms with E-state index in [4.69, 9.17) is 5.11 Å². The first kappa shape index (κ1) is 15.3. The molecule has 0 aliphatic heterocycles. The van der Waals surface area contributed by atoms with E-state index in [0.29, 0.717) is 0 Å². The van der Waals surface area contributed by atoms with Gasteiger partial charge in [0.15, 0.2) is 6.29 Å². The molecule has 1 unspecified atom stereocenters. The lowest BCUT2D eigenvalue weighted by atomic mass is 10.0. The van der Waals surface area contributed by atoms with E-state index in [1.54, 1.807) is 0 Å². The first-order valence-electron chi connectivity index (χ1n) is 4.89. The summed E-state index contributed by atoms with van der Waals surface area (Å²) in [4.78, 5) is 10.8. The second-order valence-corrected chi connectivity index (χ2v) is 3.42. The molecular weight excluding hydrogens is 218 g/mol. The molecule has 0 aliphatic rings. The monoisotopic (exact) mass is 237 g/mol. The molecule has 0 saturated carbocycles. The van der Waals surface area contributed by atoms with Crippen LogP contribution in [0.4, 0.5) is 0 Å². The molecule has 0 heterocycles. The van der Waals surface area contributed by atoms with E-state index in [9.17, 15) is 20.1 Å². The highest BCUT2D eigenvalue weighted by atomic mass is 16.6. The lowest BCUT2D eigenvalue weighted by Gasteiger charge is -2.29. The van der Waals surface area contributed by atoms with Crippen LogP contribution >= 0.6 is 0 Å². The van der Waals surface area contributed by atoms with Gasteiger partial charge in [0.25, 0.3) is 0 Å². The fourth-order valence-electron chi connectivity index (χ4n) is 1.25. The number of aliphatic hydroxyl groups excluding tert-OH is 4. The summed E-state index contributed by atoms with van der Waals surface area (Å²) in [6.07, 6.45) is -4.18. The predicted octanol–water partition coefficient (Wildman–Crippen LogP) is -2.44. The minimum absolute atomic E-state index is 0.0618. The van der Waals surface area contributed by atoms with Gasteiger partial charge in [-0.2, -0.15) is 0 Å². The molecule has 0 spiro atoms. The summed E-state index contributed by atoms with van der Waals surface area (Å²) in [7, 11) is 1.20. The van der Waals surface area contributed by atoms with Gasteiger partial charge in [-0.1, -0.05) is 0 Å². The van der Waals surface area contributed by atoms with Crippen molar-refractivity contribution < 1.29 is 30.0 Å². The van der Waals surface area contributed by atoms with Crippen LogP contribution in [0, 0.1) is 0 Å². The van der Waals surface area contributed by atoms with Gasteiger partial charge in [-0.25, -0.2) is 0 Å². The molecule has 0 rings (SSSR count). The Morgan fingerprint density at radius 1 is 1.38 bits per heavy atom. The van der Waals surface area contributed by atoms with Gasteiger partial charge >= 0.3 is 0 Å². The van der Waals surface area contributed by atoms with E-state index in [2.05, 4.69) is 10.1 Å². The van der Waals surface area contributed by atoms with Crippen molar-refractivity contribution in [3.8, 4) is 0 Å². The lowest BCUT2D eigenvalue weighted by molar-refractivity contribution is -0.148. The molecule has 7 heteroatoms. The van der Waals surface area contributed by atoms with Gasteiger partial charge in [0.2, 0.25) is 5.91 Å². The third kappa shape index (κ3) is 4.86. The lowest BCUT2D eigenvalue weighted by Crippen LogP contribution is -2.55. The standard InChI is InChI=1S/C9H19NO6/c1-5(12)10-7(9(15)16-2)8(14)6(13)3-4-11/h6-9,11,13-15H,3-4H2,1-2H3,(H,10,12)/t6-,7-,8?,9-/m1/s1. The average molecular weight is 237 g/mol. The highest BCUT2D eigenvalue weighted by Gasteiger charge is 2.32. The molecule has 0 fully saturated rings. The molecule has 0 aromatic heterocycles. The fourth-order valence-corrected chi connectivity index (χ4v) is 1.25. The van der Waals surface area contributed by atoms with Crippen LogP contribution in [0.25, 0.3) is 0 Å². The maximum Gasteiger partial charge on any atom is 0.217 e. The Balaban J connectivity index is 4.53. The summed E-state index contributed by atoms with van der Waals surface area (Å²) in [5, 5.41) is 39.3. The number of methoxy groups -OCH3 is 1. The second kappa shape index (κ2) is 7.53. The summed E-state index contributed by atoms with van der Waals surface area (Å²) in [6, 6.07) is -1.15. The van der Waals surface area contributed by atoms with Crippen molar-refractivity contribution in [2.75, 3.05) is 13.7 Å². The number of nitrogens with one attached hydrogen (secondary N) is 1. The molecule has 0 aliphatic carbocycles. The van der Waals surface area contributed by atoms with Gasteiger partial charge in [0.05, 0.1) is 6.10 Å². The van der Waals surface area contributed by atoms with Gasteiger partial charge in [-0.05, 0) is 6.42 Å². The number of hydrogen-bond donors (Lipinski definition) is 5. The summed E-state index contributed by atoms with van der Waals surface area (Å²) in [5.74, 6) is -0.476. The number of carbonyl (C=O) groups is 1. The maximum absolute atomic E-state index is 10.8. The minimum Gasteiger partial charge on any atom is -0.396 e. The molecule has 0 aromatic rings. The zero-order valence-corrected chi connectivity index (χ0v) is 9.33. The topological polar surface area (TPSA) is 119 Å². The molecule has 0 radical (unpaired) electrons. The fraction of sp³-hybridized carbons (Fsp3) is 0.889. The van der Waals surface area contributed by atoms with Gasteiger partial charge in [-0.3, -0.25) is 4.79 Å². The van der Waals surface area contributed by atoms with Crippen LogP contribution in [0.2, 0.25) is 0 Å². The summed E-state index contributed by atoms with van der Waals surface area (Å²) >= 11 is 0. The Labute approximate surface area is 93.7 Å². The Kier molecular flexibility index (Phi) is 7.18. The Hall–Kier alpha value is -0.730. The van der Waals surface area contributed by atoms with Gasteiger partial charge in [0, 0.05) is 20.6 Å². The number of aliphatic hydroxyl groups is 4. The van der Waals surface area contributed by atoms with Crippen molar-refractivity contribution in [2.45, 2.75) is 37.9 Å². The number of amides is 1. The Morgan fingerprint density at radius 3 is 2.31 bits per heavy atom. The molecule has 4 atom stereocenters. The van der Waals surface area contributed by atoms with Crippen LogP contribution in [0.5, 0.6) is 0 Å². The van der Waals surface area contributed by atoms with Crippen molar-refractivity contribution in [2.24, 2.45) is 0 Å². The van der Waals surface area contributed by atoms with E-state index in [0.717, 1.165) is 0 Å². The molecule has 7 nitrogen and oxygen atoms in total. The molecular formula is C9H19NO6. The van der Waals surface area contributed by atoms with E-state index in [-0.39, 0.29) is 13.0 Å². The zero-order chi connectivity index (χ0) is 12.7. The largest absolute Gasteiger partial charge is 0.396 e. The van der Waals surface area contributed by atoms with Gasteiger partial charge in [0.1, 0.15) is 12.1 Å². The molecule has 0 saturated heterocycles. The summed E-state index contributed by atoms with van der Waals surface area (Å²) < 4.78 is 4.57. The van der Waals surface area contributed by atoms with Crippen molar-refractivity contribution in [1.29, 1.82) is 0 Å². The number of rotatable bonds is 7. The van der Waals surface area contributed by atoms with Crippen molar-refractivity contribution >= 4 is 5.91 Å². The van der Waals surface area contributed by atoms with E-state index in [1.807, 2.05) is 0 Å². The van der Waals surface area contributed by atoms with E-state index < -0.39 is 30.4 Å². The van der Waals surface area contributed by atoms with Gasteiger partial charge in [-0.15, -0.1) is 0 Å². The zero-order valence-electron chi connectivity index (χ0n) is 9.33. The van der Waals surface area contributed by atoms with Crippen LogP contribution in [0.1, 0.15) is 13.3 Å². The van der Waals surface area contributed by atoms with Crippen LogP contribution in [0.15, 0.2) is 0 Å². The van der Waals surface area contributed by atoms with Crippen LogP contribution in [0.3, 0.4) is 0 Å². The molecule has 1 amide bonds. The van der Waals surface area contributed by atoms with E-state index in [1.165, 1.54) is 14.0 Å². The Morgan fingerprint density at radius 2 is 1.94 bits per heavy atom. The minimum atomic E-state index is -1.44. The van der Waals surface area contributed by atoms with Crippen LogP contribution < -0.4 is 5.32 Å². The quantitative estimate of drug-likeness (QED) is 0.314. The maximum atomic E-state index is 10.8. The van der Waals surface area contributed by atoms with Crippen molar-refractivity contribution in [3.63, 3.8) is 0 Å². The highest BCUT2D eigenvalue weighted by Crippen LogP contribution is 2.08. The molecule has 0 bridgehead atoms. The Bertz CT molecular complexity index is 212. The average Bonchev–Trinajstić information content (AvgIpc) is 2.24. The SMILES string of the molecule is CO[C@@H](O)[C@H](NC(C)=O)C(O)[C@H](O)CCO. The number of carbonyl (C=O) groups excluding carboxylic acids is 1. The molecule has 16 heavy (non-hydrogen) atoms. The van der Waals surface area contributed by atoms with E-state index >= 15 is 0 Å². The third-order valence-corrected chi connectivity index (χ3v) is 2.11. The smallest absolute Gasteiger partial charge is 0.217 e. The molecule has 0 aromatic carbocycles. The third-order valence-electron chi connectivity index (χ3n) is 2.11. The van der Waals surface area contributed by atoms with Gasteiger partial charge < -0.3 is 30.5 Å². The number of hydrogen-bond acceptors (Lipinski definition) is 6. The normalized spacial score (nSPS) is 18.6. The second-order valence-electron chi connectivity index (χ2n) is 3.42. The predicted molar refractivity (Wildman–Crippen MR) is 54.3 cm³/mol. The summed E-state index contributed by atoms with van der Waals surface area (Å²) in [5.41, 5.74) is 0.